The van der Waals surface area contributed by atoms with E-state index in [2.05, 4.69) is 10.3 Å². The Labute approximate surface area is 149 Å². The number of amides is 1. The molecule has 0 aliphatic rings. The lowest BCUT2D eigenvalue weighted by Gasteiger charge is -2.13. The van der Waals surface area contributed by atoms with Crippen molar-refractivity contribution in [1.29, 1.82) is 0 Å². The van der Waals surface area contributed by atoms with Crippen LogP contribution in [0.15, 0.2) is 40.1 Å². The van der Waals surface area contributed by atoms with Crippen LogP contribution in [0.5, 0.6) is 0 Å². The second-order valence-corrected chi connectivity index (χ2v) is 7.16. The van der Waals surface area contributed by atoms with E-state index in [-0.39, 0.29) is 24.3 Å². The van der Waals surface area contributed by atoms with Gasteiger partial charge in [-0.15, -0.1) is 11.3 Å². The number of thioether (sulfide) groups is 1. The summed E-state index contributed by atoms with van der Waals surface area (Å²) in [7, 11) is 0. The first-order valence-electron chi connectivity index (χ1n) is 7.65. The molecule has 2 aromatic rings. The number of rotatable bonds is 8. The Balaban J connectivity index is 1.78. The maximum Gasteiger partial charge on any atom is 0.311 e. The summed E-state index contributed by atoms with van der Waals surface area (Å²) < 4.78 is 5.67. The minimum absolute atomic E-state index is 0.0324. The number of esters is 1. The predicted molar refractivity (Wildman–Crippen MR) is 96.2 cm³/mol. The van der Waals surface area contributed by atoms with E-state index in [1.165, 1.54) is 23.1 Å². The van der Waals surface area contributed by atoms with Crippen LogP contribution < -0.4 is 5.32 Å². The van der Waals surface area contributed by atoms with Gasteiger partial charge in [0.25, 0.3) is 0 Å². The van der Waals surface area contributed by atoms with E-state index < -0.39 is 0 Å². The van der Waals surface area contributed by atoms with Gasteiger partial charge >= 0.3 is 5.97 Å². The molecule has 1 amide bonds. The third-order valence-corrected chi connectivity index (χ3v) is 5.24. The topological polar surface area (TPSA) is 68.3 Å². The van der Waals surface area contributed by atoms with Crippen molar-refractivity contribution >= 4 is 35.0 Å². The number of ether oxygens (including phenoxy) is 1. The normalized spacial score (nSPS) is 11.8. The molecule has 0 aliphatic heterocycles. The van der Waals surface area contributed by atoms with Gasteiger partial charge in [-0.3, -0.25) is 9.59 Å². The molecule has 2 rings (SSSR count). The highest BCUT2D eigenvalue weighted by molar-refractivity contribution is 8.01. The molecule has 1 N–H and O–H groups in total. The fourth-order valence-electron chi connectivity index (χ4n) is 2.03. The van der Waals surface area contributed by atoms with Crippen LogP contribution in [0.25, 0.3) is 0 Å². The third kappa shape index (κ3) is 5.98. The smallest absolute Gasteiger partial charge is 0.311 e. The molecule has 0 radical (unpaired) electrons. The first-order valence-corrected chi connectivity index (χ1v) is 9.52. The van der Waals surface area contributed by atoms with Gasteiger partial charge in [-0.25, -0.2) is 4.98 Å². The molecule has 128 valence electrons. The van der Waals surface area contributed by atoms with Gasteiger partial charge in [-0.2, -0.15) is 0 Å². The Bertz CT molecular complexity index is 673. The van der Waals surface area contributed by atoms with Gasteiger partial charge in [-0.05, 0) is 19.4 Å². The number of nitrogens with one attached hydrogen (secondary N) is 1. The SMILES string of the molecule is CCOC(=O)Cc1csc(SCC(=O)N[C@@H](C)c2ccccc2)n1. The molecule has 0 unspecified atom stereocenters. The third-order valence-electron chi connectivity index (χ3n) is 3.17. The number of carbonyl (C=O) groups excluding carboxylic acids is 2. The highest BCUT2D eigenvalue weighted by atomic mass is 32.2. The van der Waals surface area contributed by atoms with Crippen LogP contribution in [-0.2, 0) is 20.7 Å². The van der Waals surface area contributed by atoms with Crippen molar-refractivity contribution < 1.29 is 14.3 Å². The van der Waals surface area contributed by atoms with Crippen molar-refractivity contribution in [3.63, 3.8) is 0 Å². The van der Waals surface area contributed by atoms with Crippen LogP contribution in [0.1, 0.15) is 31.1 Å². The molecule has 1 atom stereocenters. The molecule has 1 aromatic heterocycles. The van der Waals surface area contributed by atoms with Gasteiger partial charge in [0.2, 0.25) is 5.91 Å². The number of nitrogens with zero attached hydrogens (tertiary/aromatic N) is 1. The lowest BCUT2D eigenvalue weighted by molar-refractivity contribution is -0.142. The second-order valence-electron chi connectivity index (χ2n) is 5.08. The monoisotopic (exact) mass is 364 g/mol. The standard InChI is InChI=1S/C17H20N2O3S2/c1-3-22-16(21)9-14-10-23-17(19-14)24-11-15(20)18-12(2)13-7-5-4-6-8-13/h4-8,10,12H,3,9,11H2,1-2H3,(H,18,20)/t12-/m0/s1. The van der Waals surface area contributed by atoms with Gasteiger partial charge in [0.05, 0.1) is 30.5 Å². The number of hydrogen-bond acceptors (Lipinski definition) is 6. The second kappa shape index (κ2) is 9.44. The fraction of sp³-hybridized carbons (Fsp3) is 0.353. The molecule has 0 bridgehead atoms. The van der Waals surface area contributed by atoms with E-state index >= 15 is 0 Å². The van der Waals surface area contributed by atoms with Gasteiger partial charge in [0.1, 0.15) is 0 Å². The van der Waals surface area contributed by atoms with Gasteiger partial charge in [-0.1, -0.05) is 42.1 Å². The highest BCUT2D eigenvalue weighted by Gasteiger charge is 2.12. The van der Waals surface area contributed by atoms with Gasteiger partial charge < -0.3 is 10.1 Å². The lowest BCUT2D eigenvalue weighted by Crippen LogP contribution is -2.28. The quantitative estimate of drug-likeness (QED) is 0.575. The minimum Gasteiger partial charge on any atom is -0.466 e. The van der Waals surface area contributed by atoms with E-state index in [1.807, 2.05) is 42.6 Å². The molecule has 24 heavy (non-hydrogen) atoms. The number of hydrogen-bond donors (Lipinski definition) is 1. The maximum absolute atomic E-state index is 12.0. The van der Waals surface area contributed by atoms with Crippen molar-refractivity contribution in [2.75, 3.05) is 12.4 Å². The minimum atomic E-state index is -0.284. The van der Waals surface area contributed by atoms with Gasteiger partial charge in [0.15, 0.2) is 4.34 Å². The molecular formula is C17H20N2O3S2. The van der Waals surface area contributed by atoms with Crippen molar-refractivity contribution in [1.82, 2.24) is 10.3 Å². The molecule has 0 fully saturated rings. The fourth-order valence-corrected chi connectivity index (χ4v) is 3.69. The Morgan fingerprint density at radius 2 is 2.08 bits per heavy atom. The summed E-state index contributed by atoms with van der Waals surface area (Å²) in [6.45, 7) is 4.10. The van der Waals surface area contributed by atoms with Crippen LogP contribution >= 0.6 is 23.1 Å². The summed E-state index contributed by atoms with van der Waals surface area (Å²) in [5.74, 6) is -0.0314. The molecule has 0 spiro atoms. The first kappa shape index (κ1) is 18.5. The van der Waals surface area contributed by atoms with Crippen LogP contribution in [-0.4, -0.2) is 29.2 Å². The van der Waals surface area contributed by atoms with Crippen LogP contribution in [0, 0.1) is 0 Å². The van der Waals surface area contributed by atoms with E-state index in [0.717, 1.165) is 9.90 Å². The summed E-state index contributed by atoms with van der Waals surface area (Å²) >= 11 is 2.80. The zero-order chi connectivity index (χ0) is 17.4. The van der Waals surface area contributed by atoms with Crippen LogP contribution in [0.2, 0.25) is 0 Å². The van der Waals surface area contributed by atoms with E-state index in [1.54, 1.807) is 6.92 Å². The van der Waals surface area contributed by atoms with Crippen LogP contribution in [0.3, 0.4) is 0 Å². The van der Waals surface area contributed by atoms with Crippen LogP contribution in [0.4, 0.5) is 0 Å². The Hall–Kier alpha value is -1.86. The summed E-state index contributed by atoms with van der Waals surface area (Å²) in [5, 5.41) is 4.79. The molecule has 1 heterocycles. The maximum atomic E-state index is 12.0. The van der Waals surface area contributed by atoms with E-state index in [4.69, 9.17) is 4.74 Å². The summed E-state index contributed by atoms with van der Waals surface area (Å²) in [6, 6.07) is 9.79. The summed E-state index contributed by atoms with van der Waals surface area (Å²) in [4.78, 5) is 27.8. The molecule has 0 saturated heterocycles. The molecule has 0 aliphatic carbocycles. The number of benzene rings is 1. The molecule has 1 aromatic carbocycles. The zero-order valence-electron chi connectivity index (χ0n) is 13.7. The number of carbonyl (C=O) groups is 2. The van der Waals surface area contributed by atoms with E-state index in [0.29, 0.717) is 18.1 Å². The Morgan fingerprint density at radius 3 is 2.79 bits per heavy atom. The highest BCUT2D eigenvalue weighted by Crippen LogP contribution is 2.23. The lowest BCUT2D eigenvalue weighted by atomic mass is 10.1. The predicted octanol–water partition coefficient (Wildman–Crippen LogP) is 3.22. The molecular weight excluding hydrogens is 344 g/mol. The van der Waals surface area contributed by atoms with E-state index in [9.17, 15) is 9.59 Å². The van der Waals surface area contributed by atoms with Gasteiger partial charge in [0, 0.05) is 5.38 Å². The average molecular weight is 364 g/mol. The average Bonchev–Trinajstić information content (AvgIpc) is 3.01. The van der Waals surface area contributed by atoms with Crippen molar-refractivity contribution in [3.8, 4) is 0 Å². The Morgan fingerprint density at radius 1 is 1.33 bits per heavy atom. The number of thiazole rings is 1. The summed E-state index contributed by atoms with van der Waals surface area (Å²) in [5.41, 5.74) is 1.75. The molecule has 5 nitrogen and oxygen atoms in total. The largest absolute Gasteiger partial charge is 0.466 e. The Kier molecular flexibility index (Phi) is 7.27. The van der Waals surface area contributed by atoms with Crippen molar-refractivity contribution in [2.24, 2.45) is 0 Å². The first-order chi connectivity index (χ1) is 11.6. The summed E-state index contributed by atoms with van der Waals surface area (Å²) in [6.07, 6.45) is 0.169. The molecule has 7 heteroatoms. The van der Waals surface area contributed by atoms with Crippen molar-refractivity contribution in [3.05, 3.63) is 47.0 Å². The zero-order valence-corrected chi connectivity index (χ0v) is 15.3. The van der Waals surface area contributed by atoms with Crippen molar-refractivity contribution in [2.45, 2.75) is 30.6 Å². The number of aromatic nitrogens is 1. The molecule has 0 saturated carbocycles.